The number of rotatable bonds is 12. The predicted molar refractivity (Wildman–Crippen MR) is 157 cm³/mol. The zero-order valence-corrected chi connectivity index (χ0v) is 24.2. The molecule has 2 amide bonds. The van der Waals surface area contributed by atoms with Crippen molar-refractivity contribution in [1.29, 1.82) is 0 Å². The van der Waals surface area contributed by atoms with Crippen molar-refractivity contribution in [3.05, 3.63) is 101 Å². The lowest BCUT2D eigenvalue weighted by molar-refractivity contribution is -0.140. The second-order valence-electron chi connectivity index (χ2n) is 10.1. The lowest BCUT2D eigenvalue weighted by Crippen LogP contribution is -2.54. The van der Waals surface area contributed by atoms with Crippen molar-refractivity contribution >= 4 is 27.5 Å². The van der Waals surface area contributed by atoms with E-state index in [0.717, 1.165) is 39.2 Å². The Kier molecular flexibility index (Phi) is 10.3. The summed E-state index contributed by atoms with van der Waals surface area (Å²) in [5, 5.41) is 3.04. The Morgan fingerprint density at radius 1 is 0.872 bits per heavy atom. The Morgan fingerprint density at radius 3 is 2.08 bits per heavy atom. The third-order valence-corrected chi connectivity index (χ3v) is 7.94. The third-order valence-electron chi connectivity index (χ3n) is 6.81. The van der Waals surface area contributed by atoms with Crippen LogP contribution in [0.5, 0.6) is 0 Å². The average Bonchev–Trinajstić information content (AvgIpc) is 2.90. The highest BCUT2D eigenvalue weighted by molar-refractivity contribution is 7.92. The van der Waals surface area contributed by atoms with Gasteiger partial charge in [0, 0.05) is 19.0 Å². The van der Waals surface area contributed by atoms with Crippen LogP contribution in [-0.2, 0) is 32.6 Å². The van der Waals surface area contributed by atoms with E-state index in [0.29, 0.717) is 12.1 Å². The van der Waals surface area contributed by atoms with Gasteiger partial charge in [-0.2, -0.15) is 0 Å². The largest absolute Gasteiger partial charge is 0.352 e. The van der Waals surface area contributed by atoms with Crippen LogP contribution in [0.2, 0.25) is 0 Å². The van der Waals surface area contributed by atoms with Gasteiger partial charge in [-0.25, -0.2) is 8.42 Å². The smallest absolute Gasteiger partial charge is 0.244 e. The summed E-state index contributed by atoms with van der Waals surface area (Å²) >= 11 is 0. The van der Waals surface area contributed by atoms with Crippen LogP contribution in [0.3, 0.4) is 0 Å². The molecule has 0 saturated heterocycles. The molecular formula is C31H39N3O4S. The fourth-order valence-corrected chi connectivity index (χ4v) is 5.23. The zero-order chi connectivity index (χ0) is 28.6. The molecule has 39 heavy (non-hydrogen) atoms. The molecule has 3 aromatic carbocycles. The maximum absolute atomic E-state index is 14.1. The second-order valence-corrected chi connectivity index (χ2v) is 12.0. The number of sulfonamides is 1. The molecular weight excluding hydrogens is 510 g/mol. The summed E-state index contributed by atoms with van der Waals surface area (Å²) in [6.07, 6.45) is 2.13. The summed E-state index contributed by atoms with van der Waals surface area (Å²) in [7, 11) is -3.79. The van der Waals surface area contributed by atoms with Gasteiger partial charge in [0.1, 0.15) is 12.6 Å². The molecule has 0 spiro atoms. The van der Waals surface area contributed by atoms with Crippen LogP contribution in [0.15, 0.2) is 78.9 Å². The molecule has 3 rings (SSSR count). The van der Waals surface area contributed by atoms with Gasteiger partial charge >= 0.3 is 0 Å². The molecule has 0 fully saturated rings. The maximum atomic E-state index is 14.1. The van der Waals surface area contributed by atoms with Crippen LogP contribution < -0.4 is 9.62 Å². The van der Waals surface area contributed by atoms with E-state index in [9.17, 15) is 18.0 Å². The molecule has 0 aliphatic rings. The molecule has 1 N–H and O–H groups in total. The Labute approximate surface area is 232 Å². The van der Waals surface area contributed by atoms with Crippen LogP contribution in [0, 0.1) is 13.8 Å². The second kappa shape index (κ2) is 13.4. The first-order valence-electron chi connectivity index (χ1n) is 13.2. The molecule has 0 aliphatic carbocycles. The highest BCUT2D eigenvalue weighted by Gasteiger charge is 2.33. The van der Waals surface area contributed by atoms with E-state index in [1.54, 1.807) is 25.1 Å². The van der Waals surface area contributed by atoms with Gasteiger partial charge < -0.3 is 10.2 Å². The van der Waals surface area contributed by atoms with E-state index in [2.05, 4.69) is 5.32 Å². The molecule has 0 bridgehead atoms. The number of nitrogens with zero attached hydrogens (tertiary/aromatic N) is 2. The van der Waals surface area contributed by atoms with Crippen molar-refractivity contribution < 1.29 is 18.0 Å². The molecule has 0 aromatic heterocycles. The van der Waals surface area contributed by atoms with Gasteiger partial charge in [-0.1, -0.05) is 85.3 Å². The van der Waals surface area contributed by atoms with Crippen LogP contribution in [0.25, 0.3) is 0 Å². The quantitative estimate of drug-likeness (QED) is 0.357. The van der Waals surface area contributed by atoms with Gasteiger partial charge in [0.15, 0.2) is 0 Å². The van der Waals surface area contributed by atoms with Crippen molar-refractivity contribution in [2.45, 2.75) is 59.2 Å². The Bertz CT molecular complexity index is 1360. The molecule has 8 heteroatoms. The summed E-state index contributed by atoms with van der Waals surface area (Å²) in [5.74, 6) is -0.722. The summed E-state index contributed by atoms with van der Waals surface area (Å²) in [4.78, 5) is 29.3. The molecule has 2 atom stereocenters. The van der Waals surface area contributed by atoms with Crippen molar-refractivity contribution in [3.8, 4) is 0 Å². The van der Waals surface area contributed by atoms with E-state index in [1.165, 1.54) is 4.90 Å². The molecule has 0 unspecified atom stereocenters. The number of amides is 2. The number of carbonyl (C=O) groups excluding carboxylic acids is 2. The first-order valence-corrected chi connectivity index (χ1v) is 15.1. The van der Waals surface area contributed by atoms with Gasteiger partial charge in [0.2, 0.25) is 21.8 Å². The topological polar surface area (TPSA) is 86.8 Å². The number of para-hydroxylation sites is 1. The number of benzene rings is 3. The minimum Gasteiger partial charge on any atom is -0.352 e. The molecule has 0 aliphatic heterocycles. The van der Waals surface area contributed by atoms with Crippen LogP contribution in [0.1, 0.15) is 42.5 Å². The van der Waals surface area contributed by atoms with Crippen molar-refractivity contribution in [3.63, 3.8) is 0 Å². The van der Waals surface area contributed by atoms with Gasteiger partial charge in [0.25, 0.3) is 0 Å². The summed E-state index contributed by atoms with van der Waals surface area (Å²) in [5.41, 5.74) is 4.01. The summed E-state index contributed by atoms with van der Waals surface area (Å²) < 4.78 is 26.9. The normalized spacial score (nSPS) is 12.8. The molecule has 0 radical (unpaired) electrons. The van der Waals surface area contributed by atoms with E-state index < -0.39 is 28.5 Å². The lowest BCUT2D eigenvalue weighted by atomic mass is 10.0. The number of anilines is 1. The highest BCUT2D eigenvalue weighted by atomic mass is 32.2. The van der Waals surface area contributed by atoms with Gasteiger partial charge in [-0.05, 0) is 49.9 Å². The zero-order valence-electron chi connectivity index (χ0n) is 23.4. The summed E-state index contributed by atoms with van der Waals surface area (Å²) in [6.45, 7) is 7.44. The Hall–Kier alpha value is -3.65. The number of nitrogens with one attached hydrogen (secondary N) is 1. The molecule has 208 valence electrons. The van der Waals surface area contributed by atoms with Crippen LogP contribution in [-0.4, -0.2) is 50.0 Å². The third kappa shape index (κ3) is 8.42. The van der Waals surface area contributed by atoms with Gasteiger partial charge in [-0.3, -0.25) is 13.9 Å². The van der Waals surface area contributed by atoms with Gasteiger partial charge in [0.05, 0.1) is 11.9 Å². The Balaban J connectivity index is 2.06. The van der Waals surface area contributed by atoms with E-state index in [1.807, 2.05) is 81.4 Å². The fraction of sp³-hybridized carbons (Fsp3) is 0.355. The molecule has 7 nitrogen and oxygen atoms in total. The standard InChI is InChI=1S/C31H39N3O4S/c1-6-25(4)32-31(36)29(20-26-13-8-7-9-14-26)33(21-27-18-16-23(2)17-19-27)30(35)22-34(39(5,37)38)28-15-11-10-12-24(28)3/h7-19,25,29H,6,20-22H2,1-5H3,(H,32,36)/t25-,29-/m0/s1. The first kappa shape index (κ1) is 29.9. The average molecular weight is 550 g/mol. The first-order chi connectivity index (χ1) is 18.5. The predicted octanol–water partition coefficient (Wildman–Crippen LogP) is 4.62. The van der Waals surface area contributed by atoms with Crippen molar-refractivity contribution in [2.24, 2.45) is 0 Å². The lowest BCUT2D eigenvalue weighted by Gasteiger charge is -2.34. The van der Waals surface area contributed by atoms with Crippen LogP contribution in [0.4, 0.5) is 5.69 Å². The van der Waals surface area contributed by atoms with Gasteiger partial charge in [-0.15, -0.1) is 0 Å². The van der Waals surface area contributed by atoms with E-state index in [-0.39, 0.29) is 18.5 Å². The number of aryl methyl sites for hydroxylation is 2. The molecule has 0 heterocycles. The number of carbonyl (C=O) groups is 2. The van der Waals surface area contributed by atoms with Crippen molar-refractivity contribution in [2.75, 3.05) is 17.1 Å². The Morgan fingerprint density at radius 2 is 1.49 bits per heavy atom. The fourth-order valence-electron chi connectivity index (χ4n) is 4.32. The monoisotopic (exact) mass is 549 g/mol. The van der Waals surface area contributed by atoms with E-state index >= 15 is 0 Å². The number of hydrogen-bond donors (Lipinski definition) is 1. The van der Waals surface area contributed by atoms with E-state index in [4.69, 9.17) is 0 Å². The molecule has 3 aromatic rings. The minimum atomic E-state index is -3.79. The highest BCUT2D eigenvalue weighted by Crippen LogP contribution is 2.23. The van der Waals surface area contributed by atoms with Crippen molar-refractivity contribution in [1.82, 2.24) is 10.2 Å². The summed E-state index contributed by atoms with van der Waals surface area (Å²) in [6, 6.07) is 23.5. The maximum Gasteiger partial charge on any atom is 0.244 e. The minimum absolute atomic E-state index is 0.0772. The molecule has 0 saturated carbocycles. The SMILES string of the molecule is CC[C@H](C)NC(=O)[C@H](Cc1ccccc1)N(Cc1ccc(C)cc1)C(=O)CN(c1ccccc1C)S(C)(=O)=O. The number of hydrogen-bond acceptors (Lipinski definition) is 4. The van der Waals surface area contributed by atoms with Crippen LogP contribution >= 0.6 is 0 Å².